The molecule has 9 N–H and O–H groups in total. The number of phenolic OH excluding ortho intramolecular Hbond substituents is 2. The van der Waals surface area contributed by atoms with Gasteiger partial charge in [-0.05, 0) is 44.0 Å². The number of carbonyl (C=O) groups excluding carboxylic acids is 5. The fourth-order valence-electron chi connectivity index (χ4n) is 7.64. The van der Waals surface area contributed by atoms with Crippen LogP contribution in [0.4, 0.5) is 15.3 Å². The lowest BCUT2D eigenvalue weighted by Gasteiger charge is -2.42. The smallest absolute Gasteiger partial charge is 0.407 e. The van der Waals surface area contributed by atoms with Gasteiger partial charge in [-0.15, -0.1) is 0 Å². The molecule has 0 spiro atoms. The number of phenols is 2. The number of amides is 3. The number of methoxy groups -OCH3 is 1. The summed E-state index contributed by atoms with van der Waals surface area (Å²) in [6.07, 6.45) is -7.98. The standard InChI is InChI=1S/C41H43N3O17/c1-17-33(48)24(44-40(56)59-16-19-7-9-20(10-8-19)42-39(55)43-23(38(53)54)11-12-27(46)47)13-28(60-17)61-26-15-41(57,18(2)45)14-22-30(26)37(52)32-31(35(22)50)34(49)21-5-4-6-25(58-3)29(21)36(32)51/h4-10,17,23-24,26,28,33,48,50,52,57H,11-16H2,1-3H3,(H,44,56)(H,46,47)(H,53,54)(H2,42,43,55)/t17?,23?,24?,26-,28?,33?,41-/m0/s1. The minimum Gasteiger partial charge on any atom is -0.507 e. The number of anilines is 1. The third-order valence-corrected chi connectivity index (χ3v) is 10.9. The van der Waals surface area contributed by atoms with Crippen molar-refractivity contribution in [1.29, 1.82) is 0 Å². The number of alkyl carbamates (subject to hydrolysis) is 1. The molecule has 2 aliphatic carbocycles. The zero-order chi connectivity index (χ0) is 44.5. The fraction of sp³-hybridized carbons (Fsp3) is 0.390. The molecule has 1 aliphatic heterocycles. The van der Waals surface area contributed by atoms with Gasteiger partial charge in [-0.1, -0.05) is 24.3 Å². The summed E-state index contributed by atoms with van der Waals surface area (Å²) in [7, 11) is 1.30. The monoisotopic (exact) mass is 849 g/mol. The first-order valence-corrected chi connectivity index (χ1v) is 19.0. The number of carbonyl (C=O) groups is 7. The van der Waals surface area contributed by atoms with E-state index >= 15 is 0 Å². The van der Waals surface area contributed by atoms with Gasteiger partial charge >= 0.3 is 24.1 Å². The van der Waals surface area contributed by atoms with Crippen molar-refractivity contribution in [3.63, 3.8) is 0 Å². The number of carboxylic acids is 2. The molecular weight excluding hydrogens is 806 g/mol. The minimum atomic E-state index is -2.16. The number of benzene rings is 3. The van der Waals surface area contributed by atoms with Crippen LogP contribution in [-0.2, 0) is 41.6 Å². The summed E-state index contributed by atoms with van der Waals surface area (Å²) in [5.41, 5.74) is -3.08. The zero-order valence-electron chi connectivity index (χ0n) is 32.9. The maximum absolute atomic E-state index is 13.9. The van der Waals surface area contributed by atoms with Gasteiger partial charge in [0.2, 0.25) is 5.78 Å². The van der Waals surface area contributed by atoms with Gasteiger partial charge in [0.1, 0.15) is 41.6 Å². The molecule has 0 aromatic heterocycles. The molecular formula is C41H43N3O17. The Kier molecular flexibility index (Phi) is 12.6. The Bertz CT molecular complexity index is 2300. The van der Waals surface area contributed by atoms with E-state index in [1.807, 2.05) is 0 Å². The van der Waals surface area contributed by atoms with Crippen LogP contribution in [0.5, 0.6) is 17.2 Å². The number of aliphatic hydroxyl groups excluding tert-OH is 1. The van der Waals surface area contributed by atoms with Gasteiger partial charge in [-0.2, -0.15) is 0 Å². The third-order valence-electron chi connectivity index (χ3n) is 10.9. The maximum atomic E-state index is 13.9. The van der Waals surface area contributed by atoms with Crippen LogP contribution in [0.25, 0.3) is 0 Å². The summed E-state index contributed by atoms with van der Waals surface area (Å²) in [5, 5.41) is 71.0. The van der Waals surface area contributed by atoms with Gasteiger partial charge in [-0.3, -0.25) is 19.2 Å². The predicted molar refractivity (Wildman–Crippen MR) is 206 cm³/mol. The number of carboxylic acid groups (broad SMARTS) is 2. The first-order valence-electron chi connectivity index (χ1n) is 19.0. The van der Waals surface area contributed by atoms with Crippen LogP contribution in [0.15, 0.2) is 42.5 Å². The molecule has 1 fully saturated rings. The lowest BCUT2D eigenvalue weighted by atomic mass is 9.72. The second-order valence-corrected chi connectivity index (χ2v) is 14.9. The fourth-order valence-corrected chi connectivity index (χ4v) is 7.64. The number of aliphatic hydroxyl groups is 2. The van der Waals surface area contributed by atoms with Crippen LogP contribution < -0.4 is 20.7 Å². The van der Waals surface area contributed by atoms with E-state index in [-0.39, 0.29) is 53.1 Å². The molecule has 324 valence electrons. The number of Topliss-reactive ketones (excluding diaryl/α,β-unsaturated/α-hetero) is 1. The molecule has 1 heterocycles. The first-order chi connectivity index (χ1) is 28.8. The summed E-state index contributed by atoms with van der Waals surface area (Å²) >= 11 is 0. The highest BCUT2D eigenvalue weighted by Crippen LogP contribution is 2.52. The number of aliphatic carboxylic acids is 2. The third kappa shape index (κ3) is 8.97. The van der Waals surface area contributed by atoms with Crippen LogP contribution in [-0.4, -0.2) is 115 Å². The second-order valence-electron chi connectivity index (χ2n) is 14.9. The lowest BCUT2D eigenvalue weighted by molar-refractivity contribution is -0.249. The van der Waals surface area contributed by atoms with Crippen LogP contribution in [0.1, 0.15) is 94.2 Å². The van der Waals surface area contributed by atoms with Gasteiger partial charge < -0.3 is 65.5 Å². The number of nitrogens with one attached hydrogen (secondary N) is 3. The average molecular weight is 850 g/mol. The van der Waals surface area contributed by atoms with Crippen molar-refractivity contribution in [1.82, 2.24) is 10.6 Å². The van der Waals surface area contributed by atoms with E-state index in [9.17, 15) is 59.1 Å². The number of aromatic hydroxyl groups is 2. The number of fused-ring (bicyclic) bond motifs is 3. The summed E-state index contributed by atoms with van der Waals surface area (Å²) < 4.78 is 22.8. The van der Waals surface area contributed by atoms with Crippen LogP contribution in [0.3, 0.4) is 0 Å². The highest BCUT2D eigenvalue weighted by Gasteiger charge is 2.49. The van der Waals surface area contributed by atoms with E-state index in [1.165, 1.54) is 56.5 Å². The molecule has 0 saturated carbocycles. The molecule has 3 aromatic rings. The van der Waals surface area contributed by atoms with Crippen molar-refractivity contribution in [3.8, 4) is 17.2 Å². The number of ether oxygens (including phenoxy) is 4. The van der Waals surface area contributed by atoms with Crippen LogP contribution in [0.2, 0.25) is 0 Å². The summed E-state index contributed by atoms with van der Waals surface area (Å²) in [4.78, 5) is 87.9. The molecule has 0 bridgehead atoms. The lowest BCUT2D eigenvalue weighted by Crippen LogP contribution is -2.55. The Morgan fingerprint density at radius 2 is 1.66 bits per heavy atom. The molecule has 1 saturated heterocycles. The van der Waals surface area contributed by atoms with E-state index in [2.05, 4.69) is 16.0 Å². The molecule has 3 aliphatic rings. The molecule has 3 aromatic carbocycles. The Morgan fingerprint density at radius 3 is 2.30 bits per heavy atom. The molecule has 3 amide bonds. The highest BCUT2D eigenvalue weighted by atomic mass is 16.7. The molecule has 61 heavy (non-hydrogen) atoms. The topological polar surface area (TPSA) is 314 Å². The van der Waals surface area contributed by atoms with Crippen molar-refractivity contribution in [2.75, 3.05) is 12.4 Å². The molecule has 20 heteroatoms. The van der Waals surface area contributed by atoms with Crippen molar-refractivity contribution in [2.45, 2.75) is 94.8 Å². The molecule has 0 radical (unpaired) electrons. The van der Waals surface area contributed by atoms with E-state index in [4.69, 9.17) is 24.1 Å². The number of ketones is 3. The van der Waals surface area contributed by atoms with E-state index in [0.717, 1.165) is 6.92 Å². The van der Waals surface area contributed by atoms with E-state index in [1.54, 1.807) is 0 Å². The normalized spacial score (nSPS) is 23.3. The van der Waals surface area contributed by atoms with Crippen molar-refractivity contribution >= 4 is 47.1 Å². The molecule has 7 atom stereocenters. The average Bonchev–Trinajstić information content (AvgIpc) is 3.20. The summed E-state index contributed by atoms with van der Waals surface area (Å²) in [5.74, 6) is -6.36. The summed E-state index contributed by atoms with van der Waals surface area (Å²) in [6.45, 7) is 2.34. The Labute approximate surface area is 346 Å². The molecule has 20 nitrogen and oxygen atoms in total. The quantitative estimate of drug-likeness (QED) is 0.0873. The summed E-state index contributed by atoms with van der Waals surface area (Å²) in [6, 6.07) is 6.83. The van der Waals surface area contributed by atoms with Crippen molar-refractivity contribution in [3.05, 3.63) is 81.4 Å². The Balaban J connectivity index is 1.14. The molecule has 5 unspecified atom stereocenters. The van der Waals surface area contributed by atoms with Gasteiger partial charge in [0, 0.05) is 48.1 Å². The largest absolute Gasteiger partial charge is 0.507 e. The number of hydrogen-bond donors (Lipinski definition) is 9. The second kappa shape index (κ2) is 17.5. The maximum Gasteiger partial charge on any atom is 0.407 e. The van der Waals surface area contributed by atoms with E-state index in [0.29, 0.717) is 5.56 Å². The predicted octanol–water partition coefficient (Wildman–Crippen LogP) is 2.44. The van der Waals surface area contributed by atoms with Gasteiger partial charge in [0.05, 0.1) is 42.0 Å². The molecule has 6 rings (SSSR count). The number of rotatable bonds is 13. The van der Waals surface area contributed by atoms with Crippen molar-refractivity contribution in [2.24, 2.45) is 0 Å². The van der Waals surface area contributed by atoms with E-state index < -0.39 is 126 Å². The van der Waals surface area contributed by atoms with Gasteiger partial charge in [0.25, 0.3) is 0 Å². The zero-order valence-corrected chi connectivity index (χ0v) is 32.9. The Hall–Kier alpha value is -6.61. The van der Waals surface area contributed by atoms with Crippen LogP contribution in [0, 0.1) is 0 Å². The van der Waals surface area contributed by atoms with Crippen LogP contribution >= 0.6 is 0 Å². The first kappa shape index (κ1) is 44.0. The Morgan fingerprint density at radius 1 is 0.967 bits per heavy atom. The minimum absolute atomic E-state index is 0.0519. The number of urea groups is 1. The van der Waals surface area contributed by atoms with Gasteiger partial charge in [0.15, 0.2) is 17.9 Å². The number of hydrogen-bond acceptors (Lipinski definition) is 15. The van der Waals surface area contributed by atoms with Crippen molar-refractivity contribution < 1.29 is 83.1 Å². The SMILES string of the molecule is COc1cccc2c1C(=O)c1c(O)c3c(c(O)c1C2=O)C[C@@](O)(C(C)=O)C[C@@H]3OC1CC(NC(=O)OCc2ccc(NC(=O)NC(CCC(=O)O)C(=O)O)cc2)C(O)C(C)O1. The highest BCUT2D eigenvalue weighted by molar-refractivity contribution is 6.31. The van der Waals surface area contributed by atoms with Gasteiger partial charge in [-0.25, -0.2) is 14.4 Å².